The number of hydrogen-bond acceptors (Lipinski definition) is 2. The predicted octanol–water partition coefficient (Wildman–Crippen LogP) is 5.01. The van der Waals surface area contributed by atoms with Crippen LogP contribution in [0.25, 0.3) is 11.1 Å². The highest BCUT2D eigenvalue weighted by Gasteiger charge is 2.11. The van der Waals surface area contributed by atoms with Gasteiger partial charge < -0.3 is 9.84 Å². The molecule has 3 nitrogen and oxygen atoms in total. The fourth-order valence-electron chi connectivity index (χ4n) is 2.34. The summed E-state index contributed by atoms with van der Waals surface area (Å²) in [4.78, 5) is 11.2. The SMILES string of the molecule is CCCCCCOc1cc(C(=O)O)ccc1-c1ccccc1. The molecule has 2 aromatic rings. The first-order chi connectivity index (χ1) is 10.7. The van der Waals surface area contributed by atoms with Crippen LogP contribution in [0, 0.1) is 0 Å². The summed E-state index contributed by atoms with van der Waals surface area (Å²) in [6, 6.07) is 14.9. The van der Waals surface area contributed by atoms with Gasteiger partial charge in [-0.15, -0.1) is 0 Å². The van der Waals surface area contributed by atoms with Crippen LogP contribution in [0.2, 0.25) is 0 Å². The Morgan fingerprint density at radius 2 is 1.82 bits per heavy atom. The lowest BCUT2D eigenvalue weighted by Crippen LogP contribution is -2.02. The second kappa shape index (κ2) is 8.23. The molecule has 0 saturated carbocycles. The summed E-state index contributed by atoms with van der Waals surface area (Å²) in [6.07, 6.45) is 4.50. The summed E-state index contributed by atoms with van der Waals surface area (Å²) in [5, 5.41) is 9.16. The van der Waals surface area contributed by atoms with E-state index in [1.54, 1.807) is 12.1 Å². The number of benzene rings is 2. The summed E-state index contributed by atoms with van der Waals surface area (Å²) < 4.78 is 5.87. The van der Waals surface area contributed by atoms with E-state index in [1.807, 2.05) is 36.4 Å². The van der Waals surface area contributed by atoms with Gasteiger partial charge in [0.1, 0.15) is 5.75 Å². The molecule has 0 spiro atoms. The minimum atomic E-state index is -0.935. The van der Waals surface area contributed by atoms with Crippen molar-refractivity contribution in [2.75, 3.05) is 6.61 Å². The molecule has 0 bridgehead atoms. The van der Waals surface area contributed by atoms with E-state index in [1.165, 1.54) is 12.8 Å². The lowest BCUT2D eigenvalue weighted by atomic mass is 10.0. The van der Waals surface area contributed by atoms with Crippen LogP contribution < -0.4 is 4.74 Å². The summed E-state index contributed by atoms with van der Waals surface area (Å²) in [5.41, 5.74) is 2.22. The van der Waals surface area contributed by atoms with Crippen molar-refractivity contribution in [1.82, 2.24) is 0 Å². The van der Waals surface area contributed by atoms with Crippen LogP contribution in [-0.2, 0) is 0 Å². The summed E-state index contributed by atoms with van der Waals surface area (Å²) in [6.45, 7) is 2.79. The fourth-order valence-corrected chi connectivity index (χ4v) is 2.34. The molecule has 0 heterocycles. The summed E-state index contributed by atoms with van der Waals surface area (Å²) >= 11 is 0. The largest absolute Gasteiger partial charge is 0.493 e. The van der Waals surface area contributed by atoms with Gasteiger partial charge >= 0.3 is 5.97 Å². The van der Waals surface area contributed by atoms with Crippen molar-refractivity contribution in [3.63, 3.8) is 0 Å². The van der Waals surface area contributed by atoms with E-state index in [4.69, 9.17) is 9.84 Å². The molecule has 0 fully saturated rings. The third-order valence-corrected chi connectivity index (χ3v) is 3.57. The fraction of sp³-hybridized carbons (Fsp3) is 0.316. The summed E-state index contributed by atoms with van der Waals surface area (Å²) in [7, 11) is 0. The monoisotopic (exact) mass is 298 g/mol. The van der Waals surface area contributed by atoms with Crippen LogP contribution in [0.3, 0.4) is 0 Å². The first-order valence-electron chi connectivity index (χ1n) is 7.78. The van der Waals surface area contributed by atoms with Gasteiger partial charge in [-0.05, 0) is 30.2 Å². The average Bonchev–Trinajstić information content (AvgIpc) is 2.55. The zero-order valence-electron chi connectivity index (χ0n) is 12.9. The van der Waals surface area contributed by atoms with E-state index in [0.717, 1.165) is 24.0 Å². The van der Waals surface area contributed by atoms with E-state index in [0.29, 0.717) is 12.4 Å². The number of unbranched alkanes of at least 4 members (excludes halogenated alkanes) is 3. The maximum Gasteiger partial charge on any atom is 0.335 e. The highest BCUT2D eigenvalue weighted by molar-refractivity contribution is 5.89. The van der Waals surface area contributed by atoms with Gasteiger partial charge in [0.2, 0.25) is 0 Å². The number of carbonyl (C=O) groups is 1. The van der Waals surface area contributed by atoms with Crippen LogP contribution in [0.15, 0.2) is 48.5 Å². The molecule has 3 heteroatoms. The van der Waals surface area contributed by atoms with Crippen LogP contribution in [0.1, 0.15) is 43.0 Å². The normalized spacial score (nSPS) is 10.4. The van der Waals surface area contributed by atoms with Gasteiger partial charge in [-0.25, -0.2) is 4.79 Å². The zero-order chi connectivity index (χ0) is 15.8. The van der Waals surface area contributed by atoms with Gasteiger partial charge in [-0.2, -0.15) is 0 Å². The topological polar surface area (TPSA) is 46.5 Å². The number of aromatic carboxylic acids is 1. The molecule has 0 aliphatic rings. The van der Waals surface area contributed by atoms with Crippen LogP contribution in [0.5, 0.6) is 5.75 Å². The van der Waals surface area contributed by atoms with Crippen LogP contribution >= 0.6 is 0 Å². The van der Waals surface area contributed by atoms with Crippen molar-refractivity contribution >= 4 is 5.97 Å². The van der Waals surface area contributed by atoms with Gasteiger partial charge in [0, 0.05) is 5.56 Å². The van der Waals surface area contributed by atoms with E-state index >= 15 is 0 Å². The Morgan fingerprint density at radius 1 is 1.05 bits per heavy atom. The number of carboxylic acid groups (broad SMARTS) is 1. The lowest BCUT2D eigenvalue weighted by Gasteiger charge is -2.12. The summed E-state index contributed by atoms with van der Waals surface area (Å²) in [5.74, 6) is -0.293. The Labute approximate surface area is 131 Å². The lowest BCUT2D eigenvalue weighted by molar-refractivity contribution is 0.0696. The predicted molar refractivity (Wildman–Crippen MR) is 88.5 cm³/mol. The van der Waals surface area contributed by atoms with Crippen molar-refractivity contribution in [2.24, 2.45) is 0 Å². The molecule has 22 heavy (non-hydrogen) atoms. The third-order valence-electron chi connectivity index (χ3n) is 3.57. The van der Waals surface area contributed by atoms with Gasteiger partial charge in [0.15, 0.2) is 0 Å². The number of ether oxygens (including phenoxy) is 1. The molecule has 0 aromatic heterocycles. The van der Waals surface area contributed by atoms with E-state index in [9.17, 15) is 4.79 Å². The Morgan fingerprint density at radius 3 is 2.50 bits per heavy atom. The van der Waals surface area contributed by atoms with E-state index in [2.05, 4.69) is 6.92 Å². The van der Waals surface area contributed by atoms with Crippen molar-refractivity contribution in [3.8, 4) is 16.9 Å². The van der Waals surface area contributed by atoms with E-state index in [-0.39, 0.29) is 5.56 Å². The third kappa shape index (κ3) is 4.35. The number of carboxylic acids is 1. The van der Waals surface area contributed by atoms with Crippen molar-refractivity contribution in [1.29, 1.82) is 0 Å². The Hall–Kier alpha value is -2.29. The van der Waals surface area contributed by atoms with Crippen molar-refractivity contribution < 1.29 is 14.6 Å². The second-order valence-corrected chi connectivity index (χ2v) is 5.29. The minimum absolute atomic E-state index is 0.253. The molecule has 116 valence electrons. The molecule has 0 radical (unpaired) electrons. The molecule has 0 aliphatic carbocycles. The van der Waals surface area contributed by atoms with Gasteiger partial charge in [0.05, 0.1) is 12.2 Å². The zero-order valence-corrected chi connectivity index (χ0v) is 12.9. The number of rotatable bonds is 8. The number of hydrogen-bond donors (Lipinski definition) is 1. The Balaban J connectivity index is 2.19. The average molecular weight is 298 g/mol. The quantitative estimate of drug-likeness (QED) is 0.697. The molecule has 1 N–H and O–H groups in total. The molecule has 2 aromatic carbocycles. The smallest absolute Gasteiger partial charge is 0.335 e. The standard InChI is InChI=1S/C19H22O3/c1-2-3-4-8-13-22-18-14-16(19(20)21)11-12-17(18)15-9-6-5-7-10-15/h5-7,9-12,14H,2-4,8,13H2,1H3,(H,20,21). The Kier molecular flexibility index (Phi) is 6.01. The van der Waals surface area contributed by atoms with Gasteiger partial charge in [-0.3, -0.25) is 0 Å². The van der Waals surface area contributed by atoms with Crippen LogP contribution in [0.4, 0.5) is 0 Å². The highest BCUT2D eigenvalue weighted by atomic mass is 16.5. The van der Waals surface area contributed by atoms with Gasteiger partial charge in [-0.1, -0.05) is 56.5 Å². The van der Waals surface area contributed by atoms with Gasteiger partial charge in [0.25, 0.3) is 0 Å². The first-order valence-corrected chi connectivity index (χ1v) is 7.78. The Bertz CT molecular complexity index is 605. The first kappa shape index (κ1) is 16.1. The molecule has 0 saturated heterocycles. The molecule has 0 atom stereocenters. The molecule has 0 amide bonds. The van der Waals surface area contributed by atoms with Crippen molar-refractivity contribution in [2.45, 2.75) is 32.6 Å². The highest BCUT2D eigenvalue weighted by Crippen LogP contribution is 2.31. The molecule has 0 unspecified atom stereocenters. The second-order valence-electron chi connectivity index (χ2n) is 5.29. The molecular formula is C19H22O3. The maximum atomic E-state index is 11.2. The maximum absolute atomic E-state index is 11.2. The molecular weight excluding hydrogens is 276 g/mol. The van der Waals surface area contributed by atoms with Crippen LogP contribution in [-0.4, -0.2) is 17.7 Å². The molecule has 2 rings (SSSR count). The van der Waals surface area contributed by atoms with Crippen molar-refractivity contribution in [3.05, 3.63) is 54.1 Å². The molecule has 0 aliphatic heterocycles. The minimum Gasteiger partial charge on any atom is -0.493 e. The van der Waals surface area contributed by atoms with E-state index < -0.39 is 5.97 Å².